The minimum atomic E-state index is -4.24. The van der Waals surface area contributed by atoms with Gasteiger partial charge in [-0.1, -0.05) is 26.0 Å². The molecular weight excluding hydrogens is 469 g/mol. The molecule has 2 aliphatic carbocycles. The quantitative estimate of drug-likeness (QED) is 0.427. The predicted octanol–water partition coefficient (Wildman–Crippen LogP) is 7.21. The molecule has 192 valence electrons. The molecule has 4 nitrogen and oxygen atoms in total. The Morgan fingerprint density at radius 3 is 2.31 bits per heavy atom. The van der Waals surface area contributed by atoms with Gasteiger partial charge in [0.05, 0.1) is 23.5 Å². The van der Waals surface area contributed by atoms with Crippen molar-refractivity contribution in [1.82, 2.24) is 0 Å². The van der Waals surface area contributed by atoms with Gasteiger partial charge in [-0.05, 0) is 66.5 Å². The summed E-state index contributed by atoms with van der Waals surface area (Å²) < 4.78 is 72.8. The highest BCUT2D eigenvalue weighted by atomic mass is 19.4. The number of anilines is 1. The minimum Gasteiger partial charge on any atom is -0.490 e. The number of ether oxygens (including phenoxy) is 1. The average molecular weight is 500 g/mol. The number of rotatable bonds is 6. The third kappa shape index (κ3) is 4.78. The second-order valence-corrected chi connectivity index (χ2v) is 10.4. The number of halogens is 5. The molecule has 0 spiro atoms. The first-order valence-electron chi connectivity index (χ1n) is 11.8. The Labute approximate surface area is 201 Å². The fourth-order valence-corrected chi connectivity index (χ4v) is 5.71. The number of aliphatic carboxylic acids is 1. The van der Waals surface area contributed by atoms with E-state index >= 15 is 0 Å². The van der Waals surface area contributed by atoms with Crippen molar-refractivity contribution in [2.75, 3.05) is 11.9 Å². The largest absolute Gasteiger partial charge is 0.490 e. The van der Waals surface area contributed by atoms with Crippen molar-refractivity contribution in [3.8, 4) is 5.75 Å². The van der Waals surface area contributed by atoms with Crippen LogP contribution in [0.1, 0.15) is 57.9 Å². The lowest BCUT2D eigenvalue weighted by Crippen LogP contribution is -2.59. The minimum absolute atomic E-state index is 0.00786. The molecule has 2 fully saturated rings. The smallest absolute Gasteiger partial charge is 0.391 e. The molecule has 2 aliphatic rings. The predicted molar refractivity (Wildman–Crippen MR) is 123 cm³/mol. The Bertz CT molecular complexity index is 1090. The first kappa shape index (κ1) is 25.5. The van der Waals surface area contributed by atoms with Gasteiger partial charge in [-0.3, -0.25) is 4.79 Å². The van der Waals surface area contributed by atoms with Crippen LogP contribution >= 0.6 is 0 Å². The van der Waals surface area contributed by atoms with Gasteiger partial charge in [0.2, 0.25) is 0 Å². The van der Waals surface area contributed by atoms with Crippen LogP contribution in [0, 0.1) is 17.3 Å². The fourth-order valence-electron chi connectivity index (χ4n) is 5.71. The summed E-state index contributed by atoms with van der Waals surface area (Å²) in [6.45, 7) is 3.83. The van der Waals surface area contributed by atoms with Gasteiger partial charge in [0.1, 0.15) is 5.75 Å². The van der Waals surface area contributed by atoms with E-state index in [9.17, 15) is 31.9 Å². The van der Waals surface area contributed by atoms with Crippen molar-refractivity contribution in [2.24, 2.45) is 17.3 Å². The molecule has 2 saturated carbocycles. The Morgan fingerprint density at radius 2 is 1.77 bits per heavy atom. The summed E-state index contributed by atoms with van der Waals surface area (Å²) in [7, 11) is 1.87. The van der Waals surface area contributed by atoms with Crippen LogP contribution in [0.5, 0.6) is 5.75 Å². The van der Waals surface area contributed by atoms with E-state index in [2.05, 4.69) is 0 Å². The van der Waals surface area contributed by atoms with Crippen molar-refractivity contribution >= 4 is 22.4 Å². The van der Waals surface area contributed by atoms with Crippen LogP contribution in [0.25, 0.3) is 10.8 Å². The number of nitrogens with zero attached hydrogens (tertiary/aromatic N) is 1. The van der Waals surface area contributed by atoms with Crippen molar-refractivity contribution in [3.63, 3.8) is 0 Å². The second kappa shape index (κ2) is 9.13. The van der Waals surface area contributed by atoms with E-state index in [0.29, 0.717) is 17.2 Å². The average Bonchev–Trinajstić information content (AvgIpc) is 2.77. The molecule has 0 saturated heterocycles. The van der Waals surface area contributed by atoms with Crippen molar-refractivity contribution in [3.05, 3.63) is 35.9 Å². The summed E-state index contributed by atoms with van der Waals surface area (Å²) in [5.41, 5.74) is 0.0929. The Morgan fingerprint density at radius 1 is 1.11 bits per heavy atom. The van der Waals surface area contributed by atoms with Gasteiger partial charge in [-0.2, -0.15) is 13.2 Å². The normalized spacial score (nSPS) is 26.4. The highest BCUT2D eigenvalue weighted by molar-refractivity contribution is 5.91. The second-order valence-electron chi connectivity index (χ2n) is 10.4. The molecule has 35 heavy (non-hydrogen) atoms. The Hall–Kier alpha value is -2.58. The summed E-state index contributed by atoms with van der Waals surface area (Å²) >= 11 is 0. The SMILES string of the molecule is CN(c1ccc2c(C(F)F)c(OC3CCC(C(F)(F)F)CC3)ccc2c1)C1CC(C(=O)O)C1(C)C. The number of carbonyl (C=O) groups is 1. The zero-order chi connectivity index (χ0) is 25.7. The van der Waals surface area contributed by atoms with Gasteiger partial charge in [0.15, 0.2) is 0 Å². The van der Waals surface area contributed by atoms with Gasteiger partial charge < -0.3 is 14.7 Å². The number of fused-ring (bicyclic) bond motifs is 1. The number of carboxylic acids is 1. The third-order valence-electron chi connectivity index (χ3n) is 8.04. The molecule has 2 aromatic rings. The van der Waals surface area contributed by atoms with Crippen molar-refractivity contribution in [1.29, 1.82) is 0 Å². The molecule has 0 aliphatic heterocycles. The highest BCUT2D eigenvalue weighted by Crippen LogP contribution is 2.50. The van der Waals surface area contributed by atoms with Gasteiger partial charge >= 0.3 is 12.1 Å². The first-order valence-corrected chi connectivity index (χ1v) is 11.8. The monoisotopic (exact) mass is 499 g/mol. The van der Waals surface area contributed by atoms with E-state index in [0.717, 1.165) is 5.69 Å². The molecule has 0 heterocycles. The maximum absolute atomic E-state index is 14.1. The van der Waals surface area contributed by atoms with Crippen molar-refractivity contribution < 1.29 is 36.6 Å². The lowest BCUT2D eigenvalue weighted by atomic mass is 9.58. The van der Waals surface area contributed by atoms with E-state index < -0.39 is 41.9 Å². The van der Waals surface area contributed by atoms with Crippen LogP contribution in [0.3, 0.4) is 0 Å². The first-order chi connectivity index (χ1) is 16.3. The van der Waals surface area contributed by atoms with E-state index in [1.165, 1.54) is 6.07 Å². The van der Waals surface area contributed by atoms with E-state index in [-0.39, 0.29) is 43.0 Å². The van der Waals surface area contributed by atoms with Gasteiger partial charge in [0, 0.05) is 18.8 Å². The number of hydrogen-bond acceptors (Lipinski definition) is 3. The molecule has 2 atom stereocenters. The van der Waals surface area contributed by atoms with Crippen LogP contribution < -0.4 is 9.64 Å². The number of carboxylic acid groups (broad SMARTS) is 1. The van der Waals surface area contributed by atoms with Crippen molar-refractivity contribution in [2.45, 2.75) is 70.7 Å². The topological polar surface area (TPSA) is 49.8 Å². The van der Waals surface area contributed by atoms with E-state index in [1.807, 2.05) is 25.8 Å². The molecule has 0 bridgehead atoms. The van der Waals surface area contributed by atoms with Crippen LogP contribution in [0.2, 0.25) is 0 Å². The third-order valence-corrected chi connectivity index (χ3v) is 8.04. The summed E-state index contributed by atoms with van der Waals surface area (Å²) in [6.07, 6.45) is -6.88. The molecule has 4 rings (SSSR count). The van der Waals surface area contributed by atoms with E-state index in [1.54, 1.807) is 24.3 Å². The summed E-state index contributed by atoms with van der Waals surface area (Å²) in [5.74, 6) is -2.62. The van der Waals surface area contributed by atoms with Crippen LogP contribution in [-0.2, 0) is 4.79 Å². The summed E-state index contributed by atoms with van der Waals surface area (Å²) in [4.78, 5) is 13.5. The van der Waals surface area contributed by atoms with Crippen LogP contribution in [0.4, 0.5) is 27.6 Å². The lowest BCUT2D eigenvalue weighted by Gasteiger charge is -2.54. The molecule has 1 N–H and O–H groups in total. The van der Waals surface area contributed by atoms with E-state index in [4.69, 9.17) is 4.74 Å². The Kier molecular flexibility index (Phi) is 6.66. The molecule has 0 aromatic heterocycles. The van der Waals surface area contributed by atoms with Crippen LogP contribution in [0.15, 0.2) is 30.3 Å². The molecule has 2 unspecified atom stereocenters. The fraction of sp³-hybridized carbons (Fsp3) is 0.577. The zero-order valence-corrected chi connectivity index (χ0v) is 19.9. The highest BCUT2D eigenvalue weighted by Gasteiger charge is 2.53. The number of benzene rings is 2. The number of alkyl halides is 5. The van der Waals surface area contributed by atoms with Crippen LogP contribution in [-0.4, -0.2) is 36.4 Å². The summed E-state index contributed by atoms with van der Waals surface area (Å²) in [5, 5.41) is 10.3. The lowest BCUT2D eigenvalue weighted by molar-refractivity contribution is -0.185. The Balaban J connectivity index is 1.55. The molecule has 0 amide bonds. The zero-order valence-electron chi connectivity index (χ0n) is 19.9. The van der Waals surface area contributed by atoms with Gasteiger partial charge in [0.25, 0.3) is 6.43 Å². The van der Waals surface area contributed by atoms with Gasteiger partial charge in [-0.15, -0.1) is 0 Å². The maximum atomic E-state index is 14.1. The standard InChI is InChI=1S/C26H30F5NO3/c1-25(2)19(24(33)34)13-21(25)32(3)16-7-10-18-14(12-16)4-11-20(22(18)23(27)28)35-17-8-5-15(6-9-17)26(29,30)31/h4,7,10-12,15,17,19,21,23H,5-6,8-9,13H2,1-3H3,(H,33,34). The maximum Gasteiger partial charge on any atom is 0.391 e. The molecule has 9 heteroatoms. The summed E-state index contributed by atoms with van der Waals surface area (Å²) in [6, 6.07) is 8.28. The molecule has 2 aromatic carbocycles. The van der Waals surface area contributed by atoms with Gasteiger partial charge in [-0.25, -0.2) is 8.78 Å². The number of hydrogen-bond donors (Lipinski definition) is 1. The molecule has 0 radical (unpaired) electrons. The molecular formula is C26H30F5NO3.